The van der Waals surface area contributed by atoms with Crippen LogP contribution in [0.3, 0.4) is 0 Å². The first-order valence-corrected chi connectivity index (χ1v) is 5.98. The third kappa shape index (κ3) is 3.12. The highest BCUT2D eigenvalue weighted by molar-refractivity contribution is 5.79. The number of carbonyl (C=O) groups is 1. The number of rotatable bonds is 4. The lowest BCUT2D eigenvalue weighted by Gasteiger charge is -2.17. The Morgan fingerprint density at radius 1 is 1.20 bits per heavy atom. The Bertz CT molecular complexity index is 623. The van der Waals surface area contributed by atoms with E-state index in [1.54, 1.807) is 19.1 Å². The Morgan fingerprint density at radius 2 is 1.90 bits per heavy atom. The van der Waals surface area contributed by atoms with E-state index in [2.05, 4.69) is 5.32 Å². The molecule has 3 nitrogen and oxygen atoms in total. The van der Waals surface area contributed by atoms with Gasteiger partial charge >= 0.3 is 5.97 Å². The first kappa shape index (κ1) is 14.0. The molecule has 2 rings (SSSR count). The van der Waals surface area contributed by atoms with Crippen molar-refractivity contribution in [3.8, 4) is 0 Å². The van der Waals surface area contributed by atoms with Gasteiger partial charge in [0, 0.05) is 11.3 Å². The second-order valence-corrected chi connectivity index (χ2v) is 4.45. The number of halogens is 2. The summed E-state index contributed by atoms with van der Waals surface area (Å²) in [6.45, 7) is 1.69. The molecule has 104 valence electrons. The van der Waals surface area contributed by atoms with Gasteiger partial charge in [-0.3, -0.25) is 0 Å². The SMILES string of the molecule is Cc1cc(F)cc(NC(C(=O)O)c2ccccc2F)c1. The maximum Gasteiger partial charge on any atom is 0.330 e. The molecule has 0 saturated carbocycles. The van der Waals surface area contributed by atoms with Crippen molar-refractivity contribution in [1.29, 1.82) is 0 Å². The Hall–Kier alpha value is -2.43. The monoisotopic (exact) mass is 277 g/mol. The molecule has 0 spiro atoms. The number of benzene rings is 2. The topological polar surface area (TPSA) is 49.3 Å². The Morgan fingerprint density at radius 3 is 2.50 bits per heavy atom. The van der Waals surface area contributed by atoms with Gasteiger partial charge in [-0.25, -0.2) is 13.6 Å². The van der Waals surface area contributed by atoms with Gasteiger partial charge in [-0.2, -0.15) is 0 Å². The van der Waals surface area contributed by atoms with Crippen molar-refractivity contribution in [2.45, 2.75) is 13.0 Å². The average molecular weight is 277 g/mol. The second-order valence-electron chi connectivity index (χ2n) is 4.45. The summed E-state index contributed by atoms with van der Waals surface area (Å²) in [4.78, 5) is 11.3. The van der Waals surface area contributed by atoms with Crippen LogP contribution in [0.4, 0.5) is 14.5 Å². The predicted molar refractivity (Wildman–Crippen MR) is 71.5 cm³/mol. The Balaban J connectivity index is 2.36. The molecule has 0 saturated heterocycles. The molecular weight excluding hydrogens is 264 g/mol. The van der Waals surface area contributed by atoms with E-state index in [4.69, 9.17) is 0 Å². The fourth-order valence-electron chi connectivity index (χ4n) is 1.97. The van der Waals surface area contributed by atoms with Gasteiger partial charge in [-0.15, -0.1) is 0 Å². The van der Waals surface area contributed by atoms with Crippen molar-refractivity contribution >= 4 is 11.7 Å². The van der Waals surface area contributed by atoms with Crippen LogP contribution in [-0.2, 0) is 4.79 Å². The predicted octanol–water partition coefficient (Wildman–Crippen LogP) is 3.51. The van der Waals surface area contributed by atoms with E-state index < -0.39 is 23.6 Å². The lowest BCUT2D eigenvalue weighted by atomic mass is 10.1. The van der Waals surface area contributed by atoms with Crippen molar-refractivity contribution in [3.63, 3.8) is 0 Å². The summed E-state index contributed by atoms with van der Waals surface area (Å²) in [7, 11) is 0. The lowest BCUT2D eigenvalue weighted by Crippen LogP contribution is -2.21. The van der Waals surface area contributed by atoms with Crippen LogP contribution in [0, 0.1) is 18.6 Å². The average Bonchev–Trinajstić information content (AvgIpc) is 2.35. The third-order valence-electron chi connectivity index (χ3n) is 2.82. The molecule has 0 heterocycles. The van der Waals surface area contributed by atoms with Gasteiger partial charge in [0.15, 0.2) is 6.04 Å². The Labute approximate surface area is 114 Å². The van der Waals surface area contributed by atoms with Gasteiger partial charge in [-0.05, 0) is 36.8 Å². The summed E-state index contributed by atoms with van der Waals surface area (Å²) in [5, 5.41) is 11.9. The molecule has 0 fully saturated rings. The minimum absolute atomic E-state index is 0.00177. The van der Waals surface area contributed by atoms with Crippen LogP contribution in [0.5, 0.6) is 0 Å². The molecule has 0 aliphatic carbocycles. The van der Waals surface area contributed by atoms with Gasteiger partial charge in [0.05, 0.1) is 0 Å². The fourth-order valence-corrected chi connectivity index (χ4v) is 1.97. The first-order chi connectivity index (χ1) is 9.47. The number of nitrogens with one attached hydrogen (secondary N) is 1. The van der Waals surface area contributed by atoms with E-state index >= 15 is 0 Å². The maximum absolute atomic E-state index is 13.7. The largest absolute Gasteiger partial charge is 0.479 e. The Kier molecular flexibility index (Phi) is 3.98. The highest BCUT2D eigenvalue weighted by Crippen LogP contribution is 2.23. The number of carboxylic acids is 1. The third-order valence-corrected chi connectivity index (χ3v) is 2.82. The molecule has 20 heavy (non-hydrogen) atoms. The van der Waals surface area contributed by atoms with Crippen molar-refractivity contribution in [2.24, 2.45) is 0 Å². The number of hydrogen-bond donors (Lipinski definition) is 2. The molecule has 2 aromatic carbocycles. The van der Waals surface area contributed by atoms with Crippen LogP contribution in [0.2, 0.25) is 0 Å². The van der Waals surface area contributed by atoms with Gasteiger partial charge < -0.3 is 10.4 Å². The molecule has 1 unspecified atom stereocenters. The van der Waals surface area contributed by atoms with E-state index in [0.29, 0.717) is 5.56 Å². The van der Waals surface area contributed by atoms with Crippen molar-refractivity contribution in [2.75, 3.05) is 5.32 Å². The minimum Gasteiger partial charge on any atom is -0.479 e. The molecule has 0 aliphatic rings. The summed E-state index contributed by atoms with van der Waals surface area (Å²) in [5.74, 6) is -2.34. The van der Waals surface area contributed by atoms with Crippen LogP contribution in [-0.4, -0.2) is 11.1 Å². The van der Waals surface area contributed by atoms with E-state index in [0.717, 1.165) is 0 Å². The van der Waals surface area contributed by atoms with Gasteiger partial charge in [0.25, 0.3) is 0 Å². The highest BCUT2D eigenvalue weighted by Gasteiger charge is 2.22. The molecule has 0 aliphatic heterocycles. The summed E-state index contributed by atoms with van der Waals surface area (Å²) in [6, 6.07) is 8.40. The summed E-state index contributed by atoms with van der Waals surface area (Å²) >= 11 is 0. The lowest BCUT2D eigenvalue weighted by molar-refractivity contribution is -0.138. The van der Waals surface area contributed by atoms with Gasteiger partial charge in [-0.1, -0.05) is 18.2 Å². The summed E-state index contributed by atoms with van der Waals surface area (Å²) in [5.41, 5.74) is 0.935. The quantitative estimate of drug-likeness (QED) is 0.899. The van der Waals surface area contributed by atoms with Gasteiger partial charge in [0.2, 0.25) is 0 Å². The van der Waals surface area contributed by atoms with Crippen LogP contribution in [0.15, 0.2) is 42.5 Å². The summed E-state index contributed by atoms with van der Waals surface area (Å²) < 4.78 is 27.0. The molecular formula is C15H13F2NO2. The molecule has 5 heteroatoms. The van der Waals surface area contributed by atoms with Crippen LogP contribution < -0.4 is 5.32 Å². The van der Waals surface area contributed by atoms with E-state index in [1.807, 2.05) is 0 Å². The number of carboxylic acid groups (broad SMARTS) is 1. The molecule has 0 amide bonds. The summed E-state index contributed by atoms with van der Waals surface area (Å²) in [6.07, 6.45) is 0. The molecule has 2 N–H and O–H groups in total. The normalized spacial score (nSPS) is 11.9. The standard InChI is InChI=1S/C15H13F2NO2/c1-9-6-10(16)8-11(7-9)18-14(15(19)20)12-4-2-3-5-13(12)17/h2-8,14,18H,1H3,(H,19,20). The van der Waals surface area contributed by atoms with Crippen molar-refractivity contribution in [1.82, 2.24) is 0 Å². The first-order valence-electron chi connectivity index (χ1n) is 5.98. The van der Waals surface area contributed by atoms with Crippen molar-refractivity contribution < 1.29 is 18.7 Å². The zero-order chi connectivity index (χ0) is 14.7. The number of aliphatic carboxylic acids is 1. The van der Waals surface area contributed by atoms with E-state index in [9.17, 15) is 18.7 Å². The number of aryl methyl sites for hydroxylation is 1. The number of anilines is 1. The molecule has 2 aromatic rings. The van der Waals surface area contributed by atoms with E-state index in [1.165, 1.54) is 30.3 Å². The second kappa shape index (κ2) is 5.69. The van der Waals surface area contributed by atoms with Crippen LogP contribution in [0.25, 0.3) is 0 Å². The zero-order valence-corrected chi connectivity index (χ0v) is 10.7. The van der Waals surface area contributed by atoms with Crippen LogP contribution in [0.1, 0.15) is 17.2 Å². The fraction of sp³-hybridized carbons (Fsp3) is 0.133. The maximum atomic E-state index is 13.7. The molecule has 0 bridgehead atoms. The van der Waals surface area contributed by atoms with E-state index in [-0.39, 0.29) is 11.3 Å². The van der Waals surface area contributed by atoms with Crippen molar-refractivity contribution in [3.05, 3.63) is 65.2 Å². The smallest absolute Gasteiger partial charge is 0.330 e. The highest BCUT2D eigenvalue weighted by atomic mass is 19.1. The molecule has 0 aromatic heterocycles. The molecule has 1 atom stereocenters. The minimum atomic E-state index is -1.28. The van der Waals surface area contributed by atoms with Crippen LogP contribution >= 0.6 is 0 Å². The van der Waals surface area contributed by atoms with Gasteiger partial charge in [0.1, 0.15) is 11.6 Å². The zero-order valence-electron chi connectivity index (χ0n) is 10.7. The molecule has 0 radical (unpaired) electrons. The number of hydrogen-bond acceptors (Lipinski definition) is 2.